The minimum absolute atomic E-state index is 0.0589. The maximum atomic E-state index is 14.8. The predicted molar refractivity (Wildman–Crippen MR) is 169 cm³/mol. The largest absolute Gasteiger partial charge is 0.449 e. The van der Waals surface area contributed by atoms with Gasteiger partial charge in [-0.2, -0.15) is 0 Å². The summed E-state index contributed by atoms with van der Waals surface area (Å²) in [6, 6.07) is 6.19. The van der Waals surface area contributed by atoms with Crippen LogP contribution in [-0.2, 0) is 26.3 Å². The minimum atomic E-state index is -0.993. The van der Waals surface area contributed by atoms with Gasteiger partial charge in [-0.3, -0.25) is 4.79 Å². The van der Waals surface area contributed by atoms with Crippen LogP contribution in [0.4, 0.5) is 0 Å². The third kappa shape index (κ3) is 3.16. The van der Waals surface area contributed by atoms with Crippen LogP contribution in [-0.4, -0.2) is 18.5 Å². The van der Waals surface area contributed by atoms with Crippen LogP contribution in [0.5, 0.6) is 0 Å². The monoisotopic (exact) mass is 589 g/mol. The lowest BCUT2D eigenvalue weighted by Crippen LogP contribution is -2.77. The maximum absolute atomic E-state index is 14.8. The number of benzene rings is 1. The van der Waals surface area contributed by atoms with E-state index in [4.69, 9.17) is 15.2 Å². The molecule has 2 spiro atoms. The van der Waals surface area contributed by atoms with Gasteiger partial charge in [0.15, 0.2) is 5.60 Å². The van der Waals surface area contributed by atoms with Crippen molar-refractivity contribution < 1.29 is 19.1 Å². The van der Waals surface area contributed by atoms with Gasteiger partial charge in [0, 0.05) is 29.7 Å². The van der Waals surface area contributed by atoms with Crippen LogP contribution in [0.15, 0.2) is 65.5 Å². The number of fused-ring (bicyclic) bond motifs is 6. The van der Waals surface area contributed by atoms with Crippen LogP contribution in [0.2, 0.25) is 0 Å². The Bertz CT molecular complexity index is 1650. The number of allylic oxidation sites excluding steroid dienone is 6. The summed E-state index contributed by atoms with van der Waals surface area (Å²) in [5.41, 5.74) is 8.14. The molecule has 1 aromatic rings. The average molecular weight is 590 g/mol. The molecule has 5 aliphatic carbocycles. The van der Waals surface area contributed by atoms with Gasteiger partial charge < -0.3 is 15.2 Å². The zero-order valence-electron chi connectivity index (χ0n) is 26.2. The standard InChI is InChI=1S/C39H43NO4/c1-4-9-31-38-29-19-18-27-24(3)11-6-15-28(27)33(29)26-13-5-10-23(2)17-20-32(43-36(38)42)37(38,22-26)39(31)30-16-7-12-25(14-8-21-40)34(30)35(41)44-39/h6-7,12,15-16,18-20,23-24,26-28,31H,4,8-11,14,17,21-22,40H2,1-3H3. The molecule has 1 saturated carbocycles. The summed E-state index contributed by atoms with van der Waals surface area (Å²) in [7, 11) is 0. The number of carbonyl (C=O) groups is 2. The molecule has 9 unspecified atom stereocenters. The molecule has 0 amide bonds. The molecule has 2 heterocycles. The lowest BCUT2D eigenvalue weighted by atomic mass is 9.28. The van der Waals surface area contributed by atoms with Crippen molar-refractivity contribution in [3.63, 3.8) is 0 Å². The number of ether oxygens (including phenoxy) is 2. The highest BCUT2D eigenvalue weighted by Gasteiger charge is 2.93. The highest BCUT2D eigenvalue weighted by Crippen LogP contribution is 2.87. The summed E-state index contributed by atoms with van der Waals surface area (Å²) in [5, 5.41) is 0. The van der Waals surface area contributed by atoms with Gasteiger partial charge in [0.2, 0.25) is 0 Å². The van der Waals surface area contributed by atoms with Gasteiger partial charge in [-0.15, -0.1) is 5.92 Å². The van der Waals surface area contributed by atoms with E-state index in [2.05, 4.69) is 75.1 Å². The molecular formula is C39H43NO4. The van der Waals surface area contributed by atoms with Crippen LogP contribution in [0.25, 0.3) is 0 Å². The van der Waals surface area contributed by atoms with E-state index in [9.17, 15) is 9.59 Å². The van der Waals surface area contributed by atoms with Crippen molar-refractivity contribution in [3.8, 4) is 11.8 Å². The first-order chi connectivity index (χ1) is 21.4. The maximum Gasteiger partial charge on any atom is 0.339 e. The molecule has 1 aromatic carbocycles. The fraction of sp³-hybridized carbons (Fsp3) is 0.538. The molecule has 2 N–H and O–H groups in total. The zero-order valence-corrected chi connectivity index (χ0v) is 26.2. The second-order valence-corrected chi connectivity index (χ2v) is 14.5. The Morgan fingerprint density at radius 3 is 2.82 bits per heavy atom. The fourth-order valence-corrected chi connectivity index (χ4v) is 10.7. The molecule has 1 saturated heterocycles. The van der Waals surface area contributed by atoms with Crippen molar-refractivity contribution in [1.29, 1.82) is 0 Å². The second kappa shape index (κ2) is 9.82. The van der Waals surface area contributed by atoms with E-state index >= 15 is 0 Å². The second-order valence-electron chi connectivity index (χ2n) is 14.5. The summed E-state index contributed by atoms with van der Waals surface area (Å²) in [5.74, 6) is 8.76. The fourth-order valence-electron chi connectivity index (χ4n) is 10.7. The molecule has 5 nitrogen and oxygen atoms in total. The van der Waals surface area contributed by atoms with Gasteiger partial charge in [0.05, 0.1) is 11.0 Å². The molecule has 0 radical (unpaired) electrons. The van der Waals surface area contributed by atoms with Gasteiger partial charge in [0.25, 0.3) is 0 Å². The van der Waals surface area contributed by atoms with E-state index in [0.29, 0.717) is 42.0 Å². The summed E-state index contributed by atoms with van der Waals surface area (Å²) in [4.78, 5) is 28.9. The number of esters is 2. The van der Waals surface area contributed by atoms with Gasteiger partial charge in [-0.05, 0) is 85.6 Å². The third-order valence-corrected chi connectivity index (χ3v) is 12.3. The zero-order chi connectivity index (χ0) is 30.4. The Hall–Kier alpha value is -3.36. The van der Waals surface area contributed by atoms with Crippen molar-refractivity contribution >= 4 is 11.9 Å². The first-order valence-electron chi connectivity index (χ1n) is 16.9. The van der Waals surface area contributed by atoms with Crippen LogP contribution >= 0.6 is 0 Å². The number of hydrogen-bond acceptors (Lipinski definition) is 5. The van der Waals surface area contributed by atoms with Crippen LogP contribution in [0.3, 0.4) is 0 Å². The van der Waals surface area contributed by atoms with E-state index in [1.54, 1.807) is 0 Å². The van der Waals surface area contributed by atoms with Gasteiger partial charge in [0.1, 0.15) is 11.2 Å². The van der Waals surface area contributed by atoms with Crippen molar-refractivity contribution in [2.75, 3.05) is 6.54 Å². The topological polar surface area (TPSA) is 78.6 Å². The smallest absolute Gasteiger partial charge is 0.339 e. The Balaban J connectivity index is 1.45. The van der Waals surface area contributed by atoms with Crippen molar-refractivity contribution in [2.24, 2.45) is 52.1 Å². The molecule has 2 fully saturated rings. The van der Waals surface area contributed by atoms with Crippen molar-refractivity contribution in [1.82, 2.24) is 0 Å². The molecule has 2 aliphatic heterocycles. The normalized spacial score (nSPS) is 40.5. The summed E-state index contributed by atoms with van der Waals surface area (Å²) >= 11 is 0. The summed E-state index contributed by atoms with van der Waals surface area (Å²) in [6.07, 6.45) is 17.9. The van der Waals surface area contributed by atoms with Crippen LogP contribution < -0.4 is 5.73 Å². The number of nitrogens with two attached hydrogens (primary N) is 1. The lowest BCUT2D eigenvalue weighted by Gasteiger charge is -2.71. The highest BCUT2D eigenvalue weighted by molar-refractivity contribution is 6.00. The lowest BCUT2D eigenvalue weighted by molar-refractivity contribution is -0.277. The SMILES string of the molecule is CCCC1C23C(=O)OC4=CCC(C)CC#CC(CC42C12OC(=O)c1c(CCCN)cccc12)C1=C3C=CC2C(C)CC=CC12. The van der Waals surface area contributed by atoms with E-state index in [0.717, 1.165) is 61.6 Å². The number of carbonyl (C=O) groups excluding carboxylic acids is 2. The Morgan fingerprint density at radius 2 is 2.00 bits per heavy atom. The molecule has 9 atom stereocenters. The van der Waals surface area contributed by atoms with E-state index in [1.165, 1.54) is 5.57 Å². The summed E-state index contributed by atoms with van der Waals surface area (Å²) < 4.78 is 13.4. The number of rotatable bonds is 5. The van der Waals surface area contributed by atoms with Crippen LogP contribution in [0.1, 0.15) is 87.2 Å². The van der Waals surface area contributed by atoms with Gasteiger partial charge >= 0.3 is 11.9 Å². The third-order valence-electron chi connectivity index (χ3n) is 12.3. The molecule has 0 aromatic heterocycles. The number of aryl methyl sites for hydroxylation is 1. The molecule has 8 rings (SSSR count). The van der Waals surface area contributed by atoms with E-state index in [1.807, 2.05) is 6.07 Å². The Kier molecular flexibility index (Phi) is 6.28. The van der Waals surface area contributed by atoms with Gasteiger partial charge in [-0.1, -0.05) is 75.6 Å². The number of hydrogen-bond donors (Lipinski definition) is 1. The predicted octanol–water partition coefficient (Wildman–Crippen LogP) is 6.94. The van der Waals surface area contributed by atoms with E-state index < -0.39 is 16.4 Å². The molecule has 2 bridgehead atoms. The van der Waals surface area contributed by atoms with Crippen LogP contribution in [0, 0.1) is 58.2 Å². The quantitative estimate of drug-likeness (QED) is 0.229. The Labute approximate surface area is 261 Å². The van der Waals surface area contributed by atoms with Crippen molar-refractivity contribution in [3.05, 3.63) is 82.2 Å². The first kappa shape index (κ1) is 28.1. The average Bonchev–Trinajstić information content (AvgIpc) is 3.46. The Morgan fingerprint density at radius 1 is 1.14 bits per heavy atom. The summed E-state index contributed by atoms with van der Waals surface area (Å²) in [6.45, 7) is 7.28. The minimum Gasteiger partial charge on any atom is -0.449 e. The molecule has 7 aliphatic rings. The van der Waals surface area contributed by atoms with Gasteiger partial charge in [-0.25, -0.2) is 4.79 Å². The molecular weight excluding hydrogens is 546 g/mol. The van der Waals surface area contributed by atoms with Crippen molar-refractivity contribution in [2.45, 2.75) is 77.7 Å². The molecule has 228 valence electrons. The molecule has 44 heavy (non-hydrogen) atoms. The van der Waals surface area contributed by atoms with E-state index in [-0.39, 0.29) is 29.7 Å². The first-order valence-corrected chi connectivity index (χ1v) is 16.9. The molecule has 5 heteroatoms. The highest BCUT2D eigenvalue weighted by atomic mass is 16.6.